The number of hydrogen-bond donors (Lipinski definition) is 9. The Hall–Kier alpha value is 0.210. The molecule has 0 aromatic carbocycles. The second kappa shape index (κ2) is 13.6. The topological polar surface area (TPSA) is 351 Å². The predicted molar refractivity (Wildman–Crippen MR) is 54.1 cm³/mol. The Morgan fingerprint density at radius 2 is 0.500 bits per heavy atom. The van der Waals surface area contributed by atoms with E-state index >= 15 is 0 Å². The third-order valence-electron chi connectivity index (χ3n) is 0. The van der Waals surface area contributed by atoms with Crippen LogP contribution >= 0.6 is 23.5 Å². The van der Waals surface area contributed by atoms with Gasteiger partial charge in [0.2, 0.25) is 0 Å². The summed E-state index contributed by atoms with van der Waals surface area (Å²) in [5.74, 6) is 0. The van der Waals surface area contributed by atoms with Gasteiger partial charge >= 0.3 is 0 Å². The monoisotopic (exact) mass is 345 g/mol. The van der Waals surface area contributed by atoms with Crippen LogP contribution in [0.5, 0.6) is 0 Å². The number of hydrogen-bond acceptors (Lipinski definition) is 6. The van der Waals surface area contributed by atoms with Gasteiger partial charge in [0.05, 0.1) is 0 Å². The lowest BCUT2D eigenvalue weighted by molar-refractivity contribution is -0.215. The van der Waals surface area contributed by atoms with Crippen molar-refractivity contribution < 1.29 is 57.7 Å². The Labute approximate surface area is 101 Å². The molecule has 0 aromatic rings. The lowest BCUT2D eigenvalue weighted by Gasteiger charge is -2.01. The molecular formula is H18N3O12P3. The maximum Gasteiger partial charge on any atom is 0.262 e. The Bertz CT molecular complexity index is 209. The van der Waals surface area contributed by atoms with Gasteiger partial charge in [-0.3, -0.25) is 13.7 Å². The Kier molecular flexibility index (Phi) is 27.4. The number of rotatable bonds is 0. The molecule has 0 heterocycles. The molecule has 0 bridgehead atoms. The summed E-state index contributed by atoms with van der Waals surface area (Å²) in [4.78, 5) is 68.8. The van der Waals surface area contributed by atoms with E-state index in [2.05, 4.69) is 0 Å². The van der Waals surface area contributed by atoms with Crippen molar-refractivity contribution in [2.24, 2.45) is 0 Å². The first kappa shape index (κ1) is 36.2. The minimum atomic E-state index is -4.89. The highest BCUT2D eigenvalue weighted by atomic mass is 31.2. The summed E-state index contributed by atoms with van der Waals surface area (Å²) >= 11 is 0. The van der Waals surface area contributed by atoms with E-state index in [9.17, 15) is 0 Å². The van der Waals surface area contributed by atoms with Crippen molar-refractivity contribution in [3.05, 3.63) is 0 Å². The van der Waals surface area contributed by atoms with E-state index in [4.69, 9.17) is 57.7 Å². The Balaban J connectivity index is -0.0000000277. The zero-order valence-corrected chi connectivity index (χ0v) is 12.2. The fraction of sp³-hybridized carbons (Fsp3) is 0. The van der Waals surface area contributed by atoms with Crippen LogP contribution in [0.1, 0.15) is 0 Å². The molecule has 0 unspecified atom stereocenters. The van der Waals surface area contributed by atoms with Crippen LogP contribution < -0.4 is 33.1 Å². The van der Waals surface area contributed by atoms with E-state index in [0.717, 1.165) is 0 Å². The molecule has 0 amide bonds. The van der Waals surface area contributed by atoms with Crippen molar-refractivity contribution in [1.29, 1.82) is 0 Å². The van der Waals surface area contributed by atoms with Crippen molar-refractivity contribution in [3.63, 3.8) is 0 Å². The minimum absolute atomic E-state index is 0. The Morgan fingerprint density at radius 1 is 0.500 bits per heavy atom. The molecule has 0 spiro atoms. The van der Waals surface area contributed by atoms with Crippen LogP contribution in [0.25, 0.3) is 0 Å². The van der Waals surface area contributed by atoms with E-state index in [1.165, 1.54) is 0 Å². The van der Waals surface area contributed by atoms with E-state index in [1.54, 1.807) is 0 Å². The van der Waals surface area contributed by atoms with Gasteiger partial charge in [0.15, 0.2) is 0 Å². The van der Waals surface area contributed by atoms with Crippen molar-refractivity contribution in [2.45, 2.75) is 0 Å². The lowest BCUT2D eigenvalue weighted by Crippen LogP contribution is -1.94. The highest BCUT2D eigenvalue weighted by molar-refractivity contribution is 7.44. The second-order valence-corrected chi connectivity index (χ2v) is 4.42. The molecule has 0 saturated carbocycles. The van der Waals surface area contributed by atoms with Crippen molar-refractivity contribution in [1.82, 2.24) is 18.5 Å². The average Bonchev–Trinajstić information content (AvgIpc) is 1.41. The van der Waals surface area contributed by atoms with E-state index in [1.807, 2.05) is 0 Å². The zero-order valence-electron chi connectivity index (χ0n) is 9.47. The largest absolute Gasteiger partial charge is 0.756 e. The summed E-state index contributed by atoms with van der Waals surface area (Å²) in [6.45, 7) is 0. The molecule has 0 aliphatic heterocycles. The van der Waals surface area contributed by atoms with Gasteiger partial charge in [0, 0.05) is 0 Å². The molecule has 0 saturated heterocycles. The first-order valence-electron chi connectivity index (χ1n) is 2.30. The van der Waals surface area contributed by atoms with Crippen LogP contribution in [0.3, 0.4) is 0 Å². The molecule has 0 radical (unpaired) electrons. The molecule has 0 rings (SSSR count). The second-order valence-electron chi connectivity index (χ2n) is 1.47. The van der Waals surface area contributed by atoms with E-state index in [-0.39, 0.29) is 18.5 Å². The molecule has 0 aliphatic rings. The fourth-order valence-electron chi connectivity index (χ4n) is 0. The van der Waals surface area contributed by atoms with Crippen molar-refractivity contribution in [3.8, 4) is 0 Å². The van der Waals surface area contributed by atoms with Crippen LogP contribution in [0.2, 0.25) is 0 Å². The molecule has 18 heavy (non-hydrogen) atoms. The standard InChI is InChI=1S/3H3N.3H3O4P/c;;;3*1-5(2,3)4/h3*1H3;3*(H3,1,2,3,4). The summed E-state index contributed by atoms with van der Waals surface area (Å²) in [7, 11) is -14.7. The number of quaternary nitrogens is 3. The third-order valence-corrected chi connectivity index (χ3v) is 0. The predicted octanol–water partition coefficient (Wildman–Crippen LogP) is -3.55. The van der Waals surface area contributed by atoms with Crippen LogP contribution in [0, 0.1) is 0 Å². The van der Waals surface area contributed by atoms with Gasteiger partial charge < -0.3 is 62.5 Å². The molecule has 18 heteroatoms. The van der Waals surface area contributed by atoms with Gasteiger partial charge in [-0.2, -0.15) is 0 Å². The molecule has 0 aromatic heterocycles. The highest BCUT2D eigenvalue weighted by Gasteiger charge is 1.83. The summed E-state index contributed by atoms with van der Waals surface area (Å²) in [6.07, 6.45) is 0. The summed E-state index contributed by atoms with van der Waals surface area (Å²) < 4.78 is 26.3. The average molecular weight is 345 g/mol. The van der Waals surface area contributed by atoms with Gasteiger partial charge in [-0.05, 0) is 0 Å². The molecule has 15 nitrogen and oxygen atoms in total. The van der Waals surface area contributed by atoms with Crippen molar-refractivity contribution >= 4 is 23.5 Å². The minimum Gasteiger partial charge on any atom is -0.756 e. The molecule has 0 atom stereocenters. The smallest absolute Gasteiger partial charge is 0.262 e. The molecule has 0 aliphatic carbocycles. The molecule has 18 N–H and O–H groups in total. The molecule has 0 fully saturated rings. The van der Waals surface area contributed by atoms with Crippen LogP contribution in [-0.2, 0) is 13.7 Å². The third kappa shape index (κ3) is 85000. The molecular weight excluding hydrogens is 327 g/mol. The summed E-state index contributed by atoms with van der Waals surface area (Å²) in [5.41, 5.74) is 0. The zero-order chi connectivity index (χ0) is 13.5. The van der Waals surface area contributed by atoms with Crippen LogP contribution in [0.15, 0.2) is 0 Å². The van der Waals surface area contributed by atoms with E-state index in [0.29, 0.717) is 0 Å². The van der Waals surface area contributed by atoms with Gasteiger partial charge in [-0.25, -0.2) is 0 Å². The lowest BCUT2D eigenvalue weighted by atomic mass is 14.0. The summed E-state index contributed by atoms with van der Waals surface area (Å²) in [6, 6.07) is 0. The van der Waals surface area contributed by atoms with Gasteiger partial charge in [0.25, 0.3) is 23.5 Å². The van der Waals surface area contributed by atoms with Crippen LogP contribution in [-0.4, -0.2) is 29.4 Å². The Morgan fingerprint density at radius 3 is 0.500 bits per heavy atom. The maximum atomic E-state index is 8.77. The van der Waals surface area contributed by atoms with Crippen molar-refractivity contribution in [2.75, 3.05) is 0 Å². The first-order valence-corrected chi connectivity index (χ1v) is 6.89. The van der Waals surface area contributed by atoms with E-state index < -0.39 is 23.5 Å². The molecule has 120 valence electrons. The van der Waals surface area contributed by atoms with Gasteiger partial charge in [-0.15, -0.1) is 0 Å². The van der Waals surface area contributed by atoms with Crippen LogP contribution in [0.4, 0.5) is 0 Å². The van der Waals surface area contributed by atoms with Gasteiger partial charge in [0.1, 0.15) is 0 Å². The highest BCUT2D eigenvalue weighted by Crippen LogP contribution is 2.19. The fourth-order valence-corrected chi connectivity index (χ4v) is 0. The summed E-state index contributed by atoms with van der Waals surface area (Å²) in [5, 5.41) is 0. The first-order chi connectivity index (χ1) is 6.00. The quantitative estimate of drug-likeness (QED) is 0.192. The normalized spacial score (nSPS) is 9.83. The number of phosphoric acid groups is 3. The van der Waals surface area contributed by atoms with Gasteiger partial charge in [-0.1, -0.05) is 0 Å². The SMILES string of the molecule is O=P([O-])(O)O.O=P([O-])(O)O.O=P([O-])(O)O.[NH4+].[NH4+].[NH4+]. The maximum absolute atomic E-state index is 8.77.